The van der Waals surface area contributed by atoms with E-state index in [1.165, 1.54) is 0 Å². The number of hydrogen-bond acceptors (Lipinski definition) is 6. The number of aryl methyl sites for hydroxylation is 1. The number of nitrogens with one attached hydrogen (secondary N) is 2. The third-order valence-electron chi connectivity index (χ3n) is 4.69. The lowest BCUT2D eigenvalue weighted by atomic mass is 10.1. The van der Waals surface area contributed by atoms with E-state index in [9.17, 15) is 4.79 Å². The van der Waals surface area contributed by atoms with Crippen LogP contribution >= 0.6 is 11.3 Å². The van der Waals surface area contributed by atoms with Gasteiger partial charge in [0.15, 0.2) is 5.13 Å². The number of hydrogen-bond donors (Lipinski definition) is 2. The second kappa shape index (κ2) is 8.59. The number of aromatic nitrogens is 2. The number of urea groups is 1. The van der Waals surface area contributed by atoms with Crippen molar-refractivity contribution in [3.63, 3.8) is 0 Å². The second-order valence-corrected chi connectivity index (χ2v) is 7.76. The first-order chi connectivity index (χ1) is 14.1. The first-order valence-corrected chi connectivity index (χ1v) is 10.4. The summed E-state index contributed by atoms with van der Waals surface area (Å²) in [6, 6.07) is 10.0. The van der Waals surface area contributed by atoms with Crippen LogP contribution in [0.25, 0.3) is 10.4 Å². The zero-order chi connectivity index (χ0) is 20.2. The monoisotopic (exact) mass is 409 g/mol. The van der Waals surface area contributed by atoms with E-state index in [1.54, 1.807) is 22.4 Å². The number of carbonyl (C=O) groups excluding carboxylic acids is 1. The predicted molar refractivity (Wildman–Crippen MR) is 116 cm³/mol. The Kier molecular flexibility index (Phi) is 5.73. The van der Waals surface area contributed by atoms with Gasteiger partial charge >= 0.3 is 6.03 Å². The van der Waals surface area contributed by atoms with E-state index in [0.717, 1.165) is 32.4 Å². The van der Waals surface area contributed by atoms with Crippen LogP contribution in [-0.2, 0) is 11.3 Å². The molecule has 1 saturated heterocycles. The van der Waals surface area contributed by atoms with E-state index in [-0.39, 0.29) is 6.03 Å². The minimum absolute atomic E-state index is 0.108. The number of pyridine rings is 1. The van der Waals surface area contributed by atoms with Gasteiger partial charge in [-0.3, -0.25) is 4.90 Å². The van der Waals surface area contributed by atoms with Gasteiger partial charge in [0.05, 0.1) is 11.5 Å². The van der Waals surface area contributed by atoms with Crippen molar-refractivity contribution in [2.75, 3.05) is 29.9 Å². The molecule has 0 aliphatic carbocycles. The van der Waals surface area contributed by atoms with Gasteiger partial charge < -0.3 is 15.4 Å². The van der Waals surface area contributed by atoms with Crippen LogP contribution in [-0.4, -0.2) is 35.7 Å². The largest absolute Gasteiger partial charge is 0.377 e. The second-order valence-electron chi connectivity index (χ2n) is 6.73. The third kappa shape index (κ3) is 4.38. The summed E-state index contributed by atoms with van der Waals surface area (Å²) in [7, 11) is 0. The lowest BCUT2D eigenvalue weighted by molar-refractivity contribution is 0.134. The van der Waals surface area contributed by atoms with Gasteiger partial charge in [-0.25, -0.2) is 14.8 Å². The van der Waals surface area contributed by atoms with Crippen molar-refractivity contribution in [3.05, 3.63) is 53.9 Å². The van der Waals surface area contributed by atoms with Crippen molar-refractivity contribution in [1.29, 1.82) is 0 Å². The molecule has 3 aromatic rings. The summed E-state index contributed by atoms with van der Waals surface area (Å²) in [6.07, 6.45) is 3.57. The number of rotatable bonds is 7. The molecule has 7 nitrogen and oxygen atoms in total. The molecule has 3 heterocycles. The molecule has 8 heteroatoms. The Hall–Kier alpha value is -2.97. The van der Waals surface area contributed by atoms with E-state index in [1.807, 2.05) is 25.3 Å². The summed E-state index contributed by atoms with van der Waals surface area (Å²) in [4.78, 5) is 23.4. The van der Waals surface area contributed by atoms with Gasteiger partial charge in [0, 0.05) is 37.8 Å². The van der Waals surface area contributed by atoms with E-state index in [0.29, 0.717) is 32.1 Å². The Balaban J connectivity index is 1.53. The average molecular weight is 410 g/mol. The standard InChI is InChI=1S/C21H23N5O2S/c1-3-28-13-15-5-4-14(2)17(10-15)25-20-24-12-18(29-20)16-6-7-22-19(11-16)26-9-8-23-21(26)27/h4-7,10-12H,3,8-9,13H2,1-2H3,(H,23,27)(H,24,25). The molecule has 1 aliphatic heterocycles. The highest BCUT2D eigenvalue weighted by Crippen LogP contribution is 2.33. The topological polar surface area (TPSA) is 79.4 Å². The molecule has 0 unspecified atom stereocenters. The van der Waals surface area contributed by atoms with Gasteiger partial charge in [-0.05, 0) is 48.7 Å². The van der Waals surface area contributed by atoms with Crippen LogP contribution in [0.5, 0.6) is 0 Å². The van der Waals surface area contributed by atoms with Gasteiger partial charge in [-0.2, -0.15) is 0 Å². The molecule has 1 fully saturated rings. The smallest absolute Gasteiger partial charge is 0.323 e. The molecule has 0 atom stereocenters. The van der Waals surface area contributed by atoms with E-state index in [4.69, 9.17) is 4.74 Å². The Bertz CT molecular complexity index is 1020. The van der Waals surface area contributed by atoms with Crippen molar-refractivity contribution < 1.29 is 9.53 Å². The lowest BCUT2D eigenvalue weighted by Gasteiger charge is -2.13. The van der Waals surface area contributed by atoms with Gasteiger partial charge in [0.2, 0.25) is 0 Å². The summed E-state index contributed by atoms with van der Waals surface area (Å²) in [5, 5.41) is 7.03. The number of benzene rings is 1. The number of nitrogens with zero attached hydrogens (tertiary/aromatic N) is 3. The molecule has 1 aromatic carbocycles. The van der Waals surface area contributed by atoms with Gasteiger partial charge in [0.1, 0.15) is 5.82 Å². The van der Waals surface area contributed by atoms with Crippen LogP contribution in [0.2, 0.25) is 0 Å². The van der Waals surface area contributed by atoms with Crippen molar-refractivity contribution in [2.24, 2.45) is 0 Å². The Morgan fingerprint density at radius 1 is 1.28 bits per heavy atom. The molecular formula is C21H23N5O2S. The molecule has 0 saturated carbocycles. The van der Waals surface area contributed by atoms with E-state index >= 15 is 0 Å². The summed E-state index contributed by atoms with van der Waals surface area (Å²) < 4.78 is 5.51. The van der Waals surface area contributed by atoms with Crippen LogP contribution in [0.1, 0.15) is 18.1 Å². The molecule has 0 bridgehead atoms. The maximum absolute atomic E-state index is 11.9. The lowest BCUT2D eigenvalue weighted by Crippen LogP contribution is -2.28. The number of amides is 2. The molecule has 150 valence electrons. The fraction of sp³-hybridized carbons (Fsp3) is 0.286. The normalized spacial score (nSPS) is 13.6. The van der Waals surface area contributed by atoms with Gasteiger partial charge in [-0.15, -0.1) is 0 Å². The Morgan fingerprint density at radius 3 is 2.97 bits per heavy atom. The van der Waals surface area contributed by atoms with Crippen LogP contribution < -0.4 is 15.5 Å². The summed E-state index contributed by atoms with van der Waals surface area (Å²) >= 11 is 1.56. The van der Waals surface area contributed by atoms with Crippen molar-refractivity contribution in [2.45, 2.75) is 20.5 Å². The number of thiazole rings is 1. The maximum Gasteiger partial charge on any atom is 0.323 e. The Morgan fingerprint density at radius 2 is 2.17 bits per heavy atom. The van der Waals surface area contributed by atoms with Crippen molar-refractivity contribution >= 4 is 34.0 Å². The molecule has 2 amide bonds. The zero-order valence-electron chi connectivity index (χ0n) is 16.4. The molecule has 4 rings (SSSR count). The zero-order valence-corrected chi connectivity index (χ0v) is 17.3. The quantitative estimate of drug-likeness (QED) is 0.607. The molecule has 0 radical (unpaired) electrons. The highest BCUT2D eigenvalue weighted by molar-refractivity contribution is 7.18. The number of anilines is 3. The number of carbonyl (C=O) groups is 1. The summed E-state index contributed by atoms with van der Waals surface area (Å²) in [5.74, 6) is 0.653. The van der Waals surface area contributed by atoms with E-state index < -0.39 is 0 Å². The van der Waals surface area contributed by atoms with Gasteiger partial charge in [-0.1, -0.05) is 23.5 Å². The molecule has 0 spiro atoms. The van der Waals surface area contributed by atoms with Crippen LogP contribution in [0.4, 0.5) is 21.4 Å². The Labute approximate surface area is 173 Å². The number of ether oxygens (including phenoxy) is 1. The summed E-state index contributed by atoms with van der Waals surface area (Å²) in [5.41, 5.74) is 4.28. The fourth-order valence-electron chi connectivity index (χ4n) is 3.10. The molecule has 29 heavy (non-hydrogen) atoms. The van der Waals surface area contributed by atoms with Crippen LogP contribution in [0, 0.1) is 6.92 Å². The van der Waals surface area contributed by atoms with E-state index in [2.05, 4.69) is 45.7 Å². The van der Waals surface area contributed by atoms with Crippen LogP contribution in [0.15, 0.2) is 42.7 Å². The molecule has 1 aliphatic rings. The highest BCUT2D eigenvalue weighted by atomic mass is 32.1. The SMILES string of the molecule is CCOCc1ccc(C)c(Nc2ncc(-c3ccnc(N4CCNC4=O)c3)s2)c1. The van der Waals surface area contributed by atoms with Crippen molar-refractivity contribution in [3.8, 4) is 10.4 Å². The predicted octanol–water partition coefficient (Wildman–Crippen LogP) is 4.32. The molecular weight excluding hydrogens is 386 g/mol. The van der Waals surface area contributed by atoms with Crippen molar-refractivity contribution in [1.82, 2.24) is 15.3 Å². The summed E-state index contributed by atoms with van der Waals surface area (Å²) in [6.45, 7) is 6.61. The molecule has 2 aromatic heterocycles. The minimum Gasteiger partial charge on any atom is -0.377 e. The fourth-order valence-corrected chi connectivity index (χ4v) is 3.93. The average Bonchev–Trinajstić information content (AvgIpc) is 3.38. The third-order valence-corrected chi connectivity index (χ3v) is 5.65. The van der Waals surface area contributed by atoms with Gasteiger partial charge in [0.25, 0.3) is 0 Å². The van der Waals surface area contributed by atoms with Crippen LogP contribution in [0.3, 0.4) is 0 Å². The maximum atomic E-state index is 11.9. The minimum atomic E-state index is -0.108. The first-order valence-electron chi connectivity index (χ1n) is 9.56. The highest BCUT2D eigenvalue weighted by Gasteiger charge is 2.22. The molecule has 2 N–H and O–H groups in total. The first kappa shape index (κ1) is 19.4.